The Morgan fingerprint density at radius 3 is 2.72 bits per heavy atom. The molecule has 0 spiro atoms. The van der Waals surface area contributed by atoms with Crippen LogP contribution in [-0.2, 0) is 16.0 Å². The molecular formula is C24H21N2O6-. The number of aliphatic carboxylic acids is 1. The van der Waals surface area contributed by atoms with E-state index < -0.39 is 29.6 Å². The lowest BCUT2D eigenvalue weighted by Crippen LogP contribution is -2.52. The van der Waals surface area contributed by atoms with Gasteiger partial charge in [0.25, 0.3) is 5.91 Å². The van der Waals surface area contributed by atoms with Crippen molar-refractivity contribution < 1.29 is 23.8 Å². The van der Waals surface area contributed by atoms with E-state index in [1.54, 1.807) is 25.3 Å². The van der Waals surface area contributed by atoms with E-state index in [9.17, 15) is 19.5 Å². The minimum Gasteiger partial charge on any atom is -0.548 e. The van der Waals surface area contributed by atoms with Gasteiger partial charge in [-0.1, -0.05) is 18.2 Å². The highest BCUT2D eigenvalue weighted by atomic mass is 16.5. The smallest absolute Gasteiger partial charge is 0.336 e. The van der Waals surface area contributed by atoms with Crippen LogP contribution in [-0.4, -0.2) is 29.0 Å². The number of hydrogen-bond acceptors (Lipinski definition) is 6. The van der Waals surface area contributed by atoms with Crippen molar-refractivity contribution >= 4 is 33.7 Å². The molecule has 0 unspecified atom stereocenters. The first kappa shape index (κ1) is 21.2. The second-order valence-corrected chi connectivity index (χ2v) is 7.61. The number of carboxylic acid groups (broad SMARTS) is 1. The molecule has 2 atom stereocenters. The number of rotatable bonds is 7. The molecule has 1 amide bonds. The minimum atomic E-state index is -1.39. The van der Waals surface area contributed by atoms with Crippen LogP contribution in [0.5, 0.6) is 5.75 Å². The Labute approximate surface area is 182 Å². The minimum absolute atomic E-state index is 0.0607. The van der Waals surface area contributed by atoms with Gasteiger partial charge in [-0.3, -0.25) is 4.79 Å². The van der Waals surface area contributed by atoms with Gasteiger partial charge in [-0.15, -0.1) is 0 Å². The van der Waals surface area contributed by atoms with Crippen molar-refractivity contribution in [1.82, 2.24) is 10.3 Å². The number of carbonyl (C=O) groups excluding carboxylic acids is 2. The third kappa shape index (κ3) is 4.34. The molecule has 0 saturated heterocycles. The Morgan fingerprint density at radius 2 is 1.94 bits per heavy atom. The second-order valence-electron chi connectivity index (χ2n) is 7.61. The molecule has 0 aliphatic rings. The molecule has 2 heterocycles. The maximum Gasteiger partial charge on any atom is 0.336 e. The molecule has 4 rings (SSSR count). The van der Waals surface area contributed by atoms with Crippen molar-refractivity contribution in [2.24, 2.45) is 0 Å². The quantitative estimate of drug-likeness (QED) is 0.429. The standard InChI is InChI=1S/C24H22N2O6/c1-13-9-22(27)32-21-11-16(7-8-17(13)21)31-14(2)23(28)26-20(24(29)30)10-15-12-25-19-6-4-3-5-18(15)19/h3-9,11-12,14,20,25H,10H2,1-2H3,(H,26,28)(H,29,30)/p-1/t14-,20-/m0/s1. The Kier molecular flexibility index (Phi) is 5.68. The molecule has 2 aromatic carbocycles. The lowest BCUT2D eigenvalue weighted by Gasteiger charge is -2.22. The summed E-state index contributed by atoms with van der Waals surface area (Å²) in [5.74, 6) is -1.68. The third-order valence-corrected chi connectivity index (χ3v) is 5.30. The zero-order valence-electron chi connectivity index (χ0n) is 17.5. The molecular weight excluding hydrogens is 412 g/mol. The predicted octanol–water partition coefficient (Wildman–Crippen LogP) is 1.83. The molecule has 0 bridgehead atoms. The number of carbonyl (C=O) groups is 2. The summed E-state index contributed by atoms with van der Waals surface area (Å²) in [5, 5.41) is 15.8. The monoisotopic (exact) mass is 433 g/mol. The van der Waals surface area contributed by atoms with Gasteiger partial charge in [-0.05, 0) is 43.2 Å². The van der Waals surface area contributed by atoms with Crippen LogP contribution in [0.2, 0.25) is 0 Å². The summed E-state index contributed by atoms with van der Waals surface area (Å²) < 4.78 is 10.8. The van der Waals surface area contributed by atoms with Crippen LogP contribution in [0.3, 0.4) is 0 Å². The fourth-order valence-electron chi connectivity index (χ4n) is 3.64. The van der Waals surface area contributed by atoms with Crippen LogP contribution in [0.4, 0.5) is 0 Å². The van der Waals surface area contributed by atoms with Gasteiger partial charge in [0.05, 0.1) is 12.0 Å². The van der Waals surface area contributed by atoms with E-state index in [4.69, 9.17) is 9.15 Å². The summed E-state index contributed by atoms with van der Waals surface area (Å²) in [6, 6.07) is 12.6. The molecule has 32 heavy (non-hydrogen) atoms. The van der Waals surface area contributed by atoms with Crippen LogP contribution < -0.4 is 20.8 Å². The molecule has 0 fully saturated rings. The lowest BCUT2D eigenvalue weighted by atomic mass is 10.0. The molecule has 0 aliphatic carbocycles. The zero-order valence-corrected chi connectivity index (χ0v) is 17.5. The number of ether oxygens (including phenoxy) is 1. The van der Waals surface area contributed by atoms with Crippen LogP contribution in [0.1, 0.15) is 18.1 Å². The van der Waals surface area contributed by atoms with Crippen LogP contribution in [0, 0.1) is 6.92 Å². The fourth-order valence-corrected chi connectivity index (χ4v) is 3.64. The largest absolute Gasteiger partial charge is 0.548 e. The van der Waals surface area contributed by atoms with Crippen molar-refractivity contribution in [2.75, 3.05) is 0 Å². The maximum atomic E-state index is 12.6. The number of amides is 1. The van der Waals surface area contributed by atoms with E-state index in [0.29, 0.717) is 11.3 Å². The number of hydrogen-bond donors (Lipinski definition) is 2. The van der Waals surface area contributed by atoms with Crippen LogP contribution in [0.25, 0.3) is 21.9 Å². The molecule has 4 aromatic rings. The average molecular weight is 433 g/mol. The molecule has 0 aliphatic heterocycles. The van der Waals surface area contributed by atoms with E-state index in [1.165, 1.54) is 19.1 Å². The highest BCUT2D eigenvalue weighted by molar-refractivity contribution is 5.88. The highest BCUT2D eigenvalue weighted by Crippen LogP contribution is 2.23. The molecule has 8 heteroatoms. The SMILES string of the molecule is Cc1cc(=O)oc2cc(O[C@@H](C)C(=O)N[C@@H](Cc3c[nH]c4ccccc34)C(=O)[O-])ccc12. The number of aromatic amines is 1. The highest BCUT2D eigenvalue weighted by Gasteiger charge is 2.21. The van der Waals surface area contributed by atoms with Gasteiger partial charge >= 0.3 is 5.63 Å². The Balaban J connectivity index is 1.47. The number of fused-ring (bicyclic) bond motifs is 2. The first-order valence-electron chi connectivity index (χ1n) is 10.1. The summed E-state index contributed by atoms with van der Waals surface area (Å²) >= 11 is 0. The maximum absolute atomic E-state index is 12.6. The molecule has 2 N–H and O–H groups in total. The van der Waals surface area contributed by atoms with E-state index in [2.05, 4.69) is 10.3 Å². The molecule has 0 saturated carbocycles. The molecule has 0 radical (unpaired) electrons. The van der Waals surface area contributed by atoms with E-state index in [1.807, 2.05) is 24.3 Å². The predicted molar refractivity (Wildman–Crippen MR) is 116 cm³/mol. The van der Waals surface area contributed by atoms with E-state index >= 15 is 0 Å². The van der Waals surface area contributed by atoms with Gasteiger partial charge in [0.2, 0.25) is 0 Å². The van der Waals surface area contributed by atoms with Crippen molar-refractivity contribution in [1.29, 1.82) is 0 Å². The number of para-hydroxylation sites is 1. The number of carboxylic acids is 1. The first-order valence-corrected chi connectivity index (χ1v) is 10.1. The third-order valence-electron chi connectivity index (χ3n) is 5.30. The fraction of sp³-hybridized carbons (Fsp3) is 0.208. The first-order chi connectivity index (χ1) is 15.3. The van der Waals surface area contributed by atoms with Crippen molar-refractivity contribution in [2.45, 2.75) is 32.4 Å². The molecule has 8 nitrogen and oxygen atoms in total. The number of benzene rings is 2. The van der Waals surface area contributed by atoms with Gasteiger partial charge in [0.1, 0.15) is 11.3 Å². The zero-order chi connectivity index (χ0) is 22.8. The van der Waals surface area contributed by atoms with E-state index in [-0.39, 0.29) is 6.42 Å². The van der Waals surface area contributed by atoms with Gasteiger partial charge in [-0.2, -0.15) is 0 Å². The Hall–Kier alpha value is -4.07. The Morgan fingerprint density at radius 1 is 1.16 bits per heavy atom. The summed E-state index contributed by atoms with van der Waals surface area (Å²) in [5.41, 5.74) is 2.26. The normalized spacial score (nSPS) is 13.1. The van der Waals surface area contributed by atoms with Gasteiger partial charge < -0.3 is 29.4 Å². The van der Waals surface area contributed by atoms with Crippen molar-refractivity contribution in [3.8, 4) is 5.75 Å². The van der Waals surface area contributed by atoms with E-state index in [0.717, 1.165) is 27.4 Å². The van der Waals surface area contributed by atoms with Gasteiger partial charge in [0.15, 0.2) is 6.10 Å². The molecule has 2 aromatic heterocycles. The average Bonchev–Trinajstić information content (AvgIpc) is 3.15. The summed E-state index contributed by atoms with van der Waals surface area (Å²) in [7, 11) is 0. The Bertz CT molecular complexity index is 1370. The number of aromatic nitrogens is 1. The second kappa shape index (κ2) is 8.58. The van der Waals surface area contributed by atoms with Crippen LogP contribution in [0.15, 0.2) is 63.9 Å². The topological polar surface area (TPSA) is 124 Å². The van der Waals surface area contributed by atoms with Gasteiger partial charge in [-0.25, -0.2) is 4.79 Å². The van der Waals surface area contributed by atoms with Crippen molar-refractivity contribution in [3.63, 3.8) is 0 Å². The summed E-state index contributed by atoms with van der Waals surface area (Å²) in [6.45, 7) is 3.30. The number of aryl methyl sites for hydroxylation is 1. The van der Waals surface area contributed by atoms with Crippen molar-refractivity contribution in [3.05, 3.63) is 76.3 Å². The van der Waals surface area contributed by atoms with Gasteiger partial charge in [0, 0.05) is 41.0 Å². The van der Waals surface area contributed by atoms with Crippen LogP contribution >= 0.6 is 0 Å². The number of nitrogens with one attached hydrogen (secondary N) is 2. The molecule has 164 valence electrons. The summed E-state index contributed by atoms with van der Waals surface area (Å²) in [6.07, 6.45) is 0.789. The lowest BCUT2D eigenvalue weighted by molar-refractivity contribution is -0.308. The summed E-state index contributed by atoms with van der Waals surface area (Å²) in [4.78, 5) is 39.0. The number of H-pyrrole nitrogens is 1.